The third-order valence-electron chi connectivity index (χ3n) is 4.99. The molecule has 11 nitrogen and oxygen atoms in total. The first-order valence-electron chi connectivity index (χ1n) is 8.69. The van der Waals surface area contributed by atoms with E-state index in [2.05, 4.69) is 6.58 Å². The number of aliphatic hydroxyl groups excluding tert-OH is 5. The summed E-state index contributed by atoms with van der Waals surface area (Å²) in [6.45, 7) is 2.79. The van der Waals surface area contributed by atoms with Crippen LogP contribution in [-0.2, 0) is 28.5 Å². The zero-order chi connectivity index (χ0) is 20.6. The lowest BCUT2D eigenvalue weighted by Crippen LogP contribution is -2.60. The van der Waals surface area contributed by atoms with Crippen molar-refractivity contribution in [1.29, 1.82) is 0 Å². The van der Waals surface area contributed by atoms with Crippen LogP contribution in [0.2, 0.25) is 0 Å². The molecule has 5 N–H and O–H groups in total. The Morgan fingerprint density at radius 3 is 2.46 bits per heavy atom. The standard InChI is InChI=1S/C17H24O11/c1-3-6-9-7(19)5-25-14(23)10(9)16(24-2)27-15(6)28-17-13(22)12(21)11(20)8(4-18)26-17/h3,6-8,11-13,15-22H,1,4-5H2,2H3/t6-,7+,8-,11-,12+,13-,15+,16-,17+/m1/s1. The monoisotopic (exact) mass is 404 g/mol. The van der Waals surface area contributed by atoms with Crippen molar-refractivity contribution in [3.05, 3.63) is 23.8 Å². The van der Waals surface area contributed by atoms with Crippen LogP contribution in [0, 0.1) is 5.92 Å². The van der Waals surface area contributed by atoms with Gasteiger partial charge in [0.15, 0.2) is 18.9 Å². The Morgan fingerprint density at radius 2 is 1.86 bits per heavy atom. The molecule has 0 amide bonds. The third kappa shape index (κ3) is 3.61. The summed E-state index contributed by atoms with van der Waals surface area (Å²) in [5.41, 5.74) is 0.249. The summed E-state index contributed by atoms with van der Waals surface area (Å²) in [5, 5.41) is 49.6. The van der Waals surface area contributed by atoms with Gasteiger partial charge in [0, 0.05) is 7.11 Å². The maximum atomic E-state index is 12.1. The van der Waals surface area contributed by atoms with Gasteiger partial charge in [-0.05, 0) is 5.57 Å². The second-order valence-electron chi connectivity index (χ2n) is 6.65. The molecule has 0 unspecified atom stereocenters. The van der Waals surface area contributed by atoms with Crippen molar-refractivity contribution >= 4 is 5.97 Å². The van der Waals surface area contributed by atoms with Crippen molar-refractivity contribution in [3.8, 4) is 0 Å². The minimum atomic E-state index is -1.65. The maximum Gasteiger partial charge on any atom is 0.339 e. The lowest BCUT2D eigenvalue weighted by atomic mass is 9.85. The molecule has 0 bridgehead atoms. The van der Waals surface area contributed by atoms with Crippen LogP contribution in [0.5, 0.6) is 0 Å². The molecule has 3 aliphatic heterocycles. The number of esters is 1. The Balaban J connectivity index is 1.88. The fourth-order valence-corrected chi connectivity index (χ4v) is 3.51. The van der Waals surface area contributed by atoms with Gasteiger partial charge in [0.05, 0.1) is 18.1 Å². The highest BCUT2D eigenvalue weighted by atomic mass is 16.8. The Hall–Kier alpha value is -1.41. The van der Waals surface area contributed by atoms with Gasteiger partial charge in [-0.25, -0.2) is 4.79 Å². The minimum Gasteiger partial charge on any atom is -0.459 e. The van der Waals surface area contributed by atoms with Crippen LogP contribution >= 0.6 is 0 Å². The lowest BCUT2D eigenvalue weighted by molar-refractivity contribution is -0.356. The van der Waals surface area contributed by atoms with Crippen LogP contribution in [0.1, 0.15) is 0 Å². The van der Waals surface area contributed by atoms with Gasteiger partial charge in [0.2, 0.25) is 0 Å². The summed E-state index contributed by atoms with van der Waals surface area (Å²) < 4.78 is 26.7. The van der Waals surface area contributed by atoms with Crippen LogP contribution < -0.4 is 0 Å². The fraction of sp³-hybridized carbons (Fsp3) is 0.706. The topological polar surface area (TPSA) is 164 Å². The molecule has 0 aliphatic carbocycles. The molecule has 28 heavy (non-hydrogen) atoms. The highest BCUT2D eigenvalue weighted by Gasteiger charge is 2.50. The molecular weight excluding hydrogens is 380 g/mol. The number of ether oxygens (including phenoxy) is 5. The van der Waals surface area contributed by atoms with Crippen LogP contribution in [0.15, 0.2) is 23.8 Å². The van der Waals surface area contributed by atoms with Crippen LogP contribution in [0.25, 0.3) is 0 Å². The van der Waals surface area contributed by atoms with Gasteiger partial charge in [-0.1, -0.05) is 6.08 Å². The van der Waals surface area contributed by atoms with E-state index in [4.69, 9.17) is 23.7 Å². The number of hydrogen-bond donors (Lipinski definition) is 5. The molecule has 0 aromatic rings. The second-order valence-corrected chi connectivity index (χ2v) is 6.65. The molecule has 158 valence electrons. The SMILES string of the molecule is C=C[C@@H]1C2=C(C(=O)OC[C@@H]2O)[C@H](OC)O[C@H]1O[C@@H]1O[C@H](CO)[C@@H](O)[C@H](O)[C@H]1O. The van der Waals surface area contributed by atoms with Crippen molar-refractivity contribution in [2.75, 3.05) is 20.3 Å². The van der Waals surface area contributed by atoms with Crippen LogP contribution in [-0.4, -0.2) is 101 Å². The third-order valence-corrected chi connectivity index (χ3v) is 4.99. The predicted octanol–water partition coefficient (Wildman–Crippen LogP) is -2.85. The highest BCUT2D eigenvalue weighted by Crippen LogP contribution is 2.39. The summed E-state index contributed by atoms with van der Waals surface area (Å²) in [5.74, 6) is -1.53. The largest absolute Gasteiger partial charge is 0.459 e. The van der Waals surface area contributed by atoms with E-state index in [1.54, 1.807) is 0 Å². The molecule has 3 heterocycles. The van der Waals surface area contributed by atoms with E-state index in [1.807, 2.05) is 0 Å². The Morgan fingerprint density at radius 1 is 1.14 bits per heavy atom. The number of hydrogen-bond acceptors (Lipinski definition) is 11. The zero-order valence-corrected chi connectivity index (χ0v) is 15.1. The van der Waals surface area contributed by atoms with E-state index < -0.39 is 67.9 Å². The lowest BCUT2D eigenvalue weighted by Gasteiger charge is -2.44. The zero-order valence-electron chi connectivity index (χ0n) is 15.1. The summed E-state index contributed by atoms with van der Waals surface area (Å²) >= 11 is 0. The van der Waals surface area contributed by atoms with Crippen molar-refractivity contribution in [2.24, 2.45) is 5.92 Å². The first-order valence-corrected chi connectivity index (χ1v) is 8.69. The van der Waals surface area contributed by atoms with Gasteiger partial charge in [0.1, 0.15) is 37.1 Å². The second kappa shape index (κ2) is 8.53. The van der Waals surface area contributed by atoms with Gasteiger partial charge >= 0.3 is 5.97 Å². The molecule has 0 aromatic heterocycles. The van der Waals surface area contributed by atoms with E-state index in [1.165, 1.54) is 13.2 Å². The molecule has 0 saturated carbocycles. The van der Waals surface area contributed by atoms with Gasteiger partial charge in [-0.3, -0.25) is 0 Å². The minimum absolute atomic E-state index is 0.000183. The smallest absolute Gasteiger partial charge is 0.339 e. The first-order chi connectivity index (χ1) is 13.3. The van der Waals surface area contributed by atoms with Gasteiger partial charge < -0.3 is 49.2 Å². The van der Waals surface area contributed by atoms with Crippen molar-refractivity contribution in [1.82, 2.24) is 0 Å². The molecule has 0 aromatic carbocycles. The number of carbonyl (C=O) groups excluding carboxylic acids is 1. The van der Waals surface area contributed by atoms with E-state index in [9.17, 15) is 30.3 Å². The molecule has 0 spiro atoms. The average Bonchev–Trinajstić information content (AvgIpc) is 2.70. The summed E-state index contributed by atoms with van der Waals surface area (Å²) in [6.07, 6.45) is -9.66. The fourth-order valence-electron chi connectivity index (χ4n) is 3.51. The molecule has 9 atom stereocenters. The van der Waals surface area contributed by atoms with Gasteiger partial charge in [-0.2, -0.15) is 0 Å². The Labute approximate surface area is 160 Å². The summed E-state index contributed by atoms with van der Waals surface area (Å²) in [7, 11) is 1.28. The molecular formula is C17H24O11. The van der Waals surface area contributed by atoms with Crippen LogP contribution in [0.4, 0.5) is 0 Å². The summed E-state index contributed by atoms with van der Waals surface area (Å²) in [6, 6.07) is 0. The molecule has 1 fully saturated rings. The van der Waals surface area contributed by atoms with Gasteiger partial charge in [-0.15, -0.1) is 6.58 Å². The molecule has 3 rings (SSSR count). The quantitative estimate of drug-likeness (QED) is 0.237. The van der Waals surface area contributed by atoms with Crippen LogP contribution in [0.3, 0.4) is 0 Å². The number of cyclic esters (lactones) is 1. The Bertz CT molecular complexity index is 633. The summed E-state index contributed by atoms with van der Waals surface area (Å²) in [4.78, 5) is 12.1. The maximum absolute atomic E-state index is 12.1. The highest BCUT2D eigenvalue weighted by molar-refractivity contribution is 5.91. The van der Waals surface area contributed by atoms with Crippen molar-refractivity contribution < 1.29 is 54.0 Å². The van der Waals surface area contributed by atoms with Crippen molar-refractivity contribution in [2.45, 2.75) is 49.4 Å². The van der Waals surface area contributed by atoms with E-state index in [0.717, 1.165) is 0 Å². The Kier molecular flexibility index (Phi) is 6.49. The average molecular weight is 404 g/mol. The van der Waals surface area contributed by atoms with E-state index in [0.29, 0.717) is 0 Å². The van der Waals surface area contributed by atoms with E-state index >= 15 is 0 Å². The molecule has 1 saturated heterocycles. The number of methoxy groups -OCH3 is 1. The normalized spacial score (nSPS) is 44.1. The van der Waals surface area contributed by atoms with Crippen molar-refractivity contribution in [3.63, 3.8) is 0 Å². The molecule has 11 heteroatoms. The van der Waals surface area contributed by atoms with E-state index in [-0.39, 0.29) is 17.8 Å². The predicted molar refractivity (Wildman–Crippen MR) is 88.2 cm³/mol. The molecule has 0 radical (unpaired) electrons. The molecule has 3 aliphatic rings. The number of aliphatic hydroxyl groups is 5. The van der Waals surface area contributed by atoms with Gasteiger partial charge in [0.25, 0.3) is 0 Å². The number of carbonyl (C=O) groups is 1. The number of rotatable bonds is 5. The first kappa shape index (κ1) is 21.3.